The lowest BCUT2D eigenvalue weighted by Crippen LogP contribution is -2.59. The summed E-state index contributed by atoms with van der Waals surface area (Å²) in [5.74, 6) is 0.0697. The Labute approximate surface area is 195 Å². The van der Waals surface area contributed by atoms with E-state index >= 15 is 0 Å². The number of rotatable bonds is 1. The zero-order valence-electron chi connectivity index (χ0n) is 19.2. The molecule has 0 bridgehead atoms. The minimum atomic E-state index is -4.71. The first-order chi connectivity index (χ1) is 15.7. The quantitative estimate of drug-likeness (QED) is 0.422. The SMILES string of the molecule is C[C@]12C=CC(=O)NC1CC[C@@H]1[C@H]2CC[C@]2(C)C(c3cc(C(F)(F)F)ccc3C(F)(F)F)CC[C@@H]12. The van der Waals surface area contributed by atoms with E-state index in [1.807, 2.05) is 13.0 Å². The Bertz CT molecular complexity index is 1030. The molecule has 1 amide bonds. The van der Waals surface area contributed by atoms with Crippen molar-refractivity contribution in [3.8, 4) is 0 Å². The van der Waals surface area contributed by atoms with Crippen molar-refractivity contribution >= 4 is 5.91 Å². The molecule has 8 heteroatoms. The molecule has 186 valence electrons. The number of halogens is 6. The van der Waals surface area contributed by atoms with Crippen LogP contribution in [0.15, 0.2) is 30.4 Å². The molecule has 3 fully saturated rings. The topological polar surface area (TPSA) is 29.1 Å². The van der Waals surface area contributed by atoms with Crippen LogP contribution in [-0.2, 0) is 17.1 Å². The molecule has 5 rings (SSSR count). The predicted molar refractivity (Wildman–Crippen MR) is 115 cm³/mol. The maximum atomic E-state index is 13.9. The molecule has 2 nitrogen and oxygen atoms in total. The van der Waals surface area contributed by atoms with Crippen LogP contribution in [0.2, 0.25) is 0 Å². The average molecular weight is 486 g/mol. The number of alkyl halides is 6. The smallest absolute Gasteiger partial charge is 0.349 e. The van der Waals surface area contributed by atoms with Crippen LogP contribution in [0, 0.1) is 28.6 Å². The van der Waals surface area contributed by atoms with E-state index in [2.05, 4.69) is 12.2 Å². The Morgan fingerprint density at radius 1 is 0.912 bits per heavy atom. The summed E-state index contributed by atoms with van der Waals surface area (Å²) >= 11 is 0. The third-order valence-corrected chi connectivity index (χ3v) is 9.75. The number of nitrogens with one attached hydrogen (secondary N) is 1. The normalized spacial score (nSPS) is 39.8. The Kier molecular flexibility index (Phi) is 5.24. The summed E-state index contributed by atoms with van der Waals surface area (Å²) in [5, 5.41) is 3.08. The van der Waals surface area contributed by atoms with Gasteiger partial charge in [0.1, 0.15) is 0 Å². The Balaban J connectivity index is 1.52. The lowest BCUT2D eigenvalue weighted by Gasteiger charge is -2.59. The fourth-order valence-corrected chi connectivity index (χ4v) is 8.13. The molecule has 1 aromatic carbocycles. The maximum Gasteiger partial charge on any atom is 0.416 e. The summed E-state index contributed by atoms with van der Waals surface area (Å²) in [5.41, 5.74) is -2.86. The highest BCUT2D eigenvalue weighted by Crippen LogP contribution is 2.67. The van der Waals surface area contributed by atoms with Gasteiger partial charge < -0.3 is 5.32 Å². The number of hydrogen-bond acceptors (Lipinski definition) is 1. The summed E-state index contributed by atoms with van der Waals surface area (Å²) in [6.07, 6.45) is -1.48. The molecule has 34 heavy (non-hydrogen) atoms. The molecule has 3 aliphatic carbocycles. The molecule has 1 N–H and O–H groups in total. The first kappa shape index (κ1) is 23.7. The Morgan fingerprint density at radius 3 is 2.32 bits per heavy atom. The third kappa shape index (κ3) is 3.49. The molecule has 1 heterocycles. The molecule has 7 atom stereocenters. The zero-order chi connectivity index (χ0) is 24.7. The second-order valence-electron chi connectivity index (χ2n) is 11.2. The number of hydrogen-bond donors (Lipinski definition) is 1. The van der Waals surface area contributed by atoms with Crippen molar-refractivity contribution in [1.29, 1.82) is 0 Å². The highest BCUT2D eigenvalue weighted by Gasteiger charge is 2.60. The van der Waals surface area contributed by atoms with Crippen LogP contribution in [0.5, 0.6) is 0 Å². The van der Waals surface area contributed by atoms with E-state index in [4.69, 9.17) is 0 Å². The lowest BCUT2D eigenvalue weighted by atomic mass is 9.47. The standard InChI is InChI=1S/C26H29F6NO/c1-23-11-9-19-15(4-8-21-24(19,2)12-10-22(34)33-21)17(23)6-7-18(23)16-13-14(25(27,28)29)3-5-20(16)26(30,31)32/h3,5,10,12-13,15,17-19,21H,4,6-9,11H2,1-2H3,(H,33,34)/t15-,17-,18?,19+,21?,23-,24+/m0/s1. The van der Waals surface area contributed by atoms with Gasteiger partial charge in [-0.1, -0.05) is 19.9 Å². The molecule has 4 aliphatic rings. The first-order valence-corrected chi connectivity index (χ1v) is 12.0. The largest absolute Gasteiger partial charge is 0.416 e. The highest BCUT2D eigenvalue weighted by atomic mass is 19.4. The molecule has 0 spiro atoms. The Morgan fingerprint density at radius 2 is 1.65 bits per heavy atom. The third-order valence-electron chi connectivity index (χ3n) is 9.75. The van der Waals surface area contributed by atoms with Crippen molar-refractivity contribution < 1.29 is 31.1 Å². The van der Waals surface area contributed by atoms with Crippen LogP contribution in [0.25, 0.3) is 0 Å². The average Bonchev–Trinajstić information content (AvgIpc) is 3.09. The second kappa shape index (κ2) is 7.50. The summed E-state index contributed by atoms with van der Waals surface area (Å²) in [6, 6.07) is 1.96. The van der Waals surface area contributed by atoms with Crippen LogP contribution < -0.4 is 5.32 Å². The Hall–Kier alpha value is -1.99. The van der Waals surface area contributed by atoms with Gasteiger partial charge in [0.2, 0.25) is 5.91 Å². The zero-order valence-corrected chi connectivity index (χ0v) is 19.2. The van der Waals surface area contributed by atoms with Crippen molar-refractivity contribution in [2.24, 2.45) is 28.6 Å². The van der Waals surface area contributed by atoms with Crippen molar-refractivity contribution in [1.82, 2.24) is 5.32 Å². The summed E-state index contributed by atoms with van der Waals surface area (Å²) < 4.78 is 82.0. The van der Waals surface area contributed by atoms with Crippen molar-refractivity contribution in [2.45, 2.75) is 76.7 Å². The molecule has 3 saturated carbocycles. The summed E-state index contributed by atoms with van der Waals surface area (Å²) in [4.78, 5) is 11.9. The number of fused-ring (bicyclic) bond motifs is 5. The van der Waals surface area contributed by atoms with Crippen LogP contribution in [-0.4, -0.2) is 11.9 Å². The molecular weight excluding hydrogens is 456 g/mol. The van der Waals surface area contributed by atoms with Crippen LogP contribution >= 0.6 is 0 Å². The molecule has 1 aromatic rings. The maximum absolute atomic E-state index is 13.9. The van der Waals surface area contributed by atoms with Gasteiger partial charge in [-0.3, -0.25) is 4.79 Å². The molecule has 0 aromatic heterocycles. The van der Waals surface area contributed by atoms with Gasteiger partial charge in [0.25, 0.3) is 0 Å². The van der Waals surface area contributed by atoms with Gasteiger partial charge in [-0.05, 0) is 97.5 Å². The second-order valence-corrected chi connectivity index (χ2v) is 11.2. The summed E-state index contributed by atoms with van der Waals surface area (Å²) in [7, 11) is 0. The fourth-order valence-electron chi connectivity index (χ4n) is 8.13. The van der Waals surface area contributed by atoms with Gasteiger partial charge in [-0.2, -0.15) is 26.3 Å². The van der Waals surface area contributed by atoms with Gasteiger partial charge in [-0.25, -0.2) is 0 Å². The summed E-state index contributed by atoms with van der Waals surface area (Å²) in [6.45, 7) is 4.16. The lowest BCUT2D eigenvalue weighted by molar-refractivity contribution is -0.142. The van der Waals surface area contributed by atoms with E-state index in [1.54, 1.807) is 6.08 Å². The highest BCUT2D eigenvalue weighted by molar-refractivity contribution is 5.89. The number of amides is 1. The van der Waals surface area contributed by atoms with Gasteiger partial charge in [0.15, 0.2) is 0 Å². The van der Waals surface area contributed by atoms with Crippen molar-refractivity contribution in [3.63, 3.8) is 0 Å². The van der Waals surface area contributed by atoms with Gasteiger partial charge in [-0.15, -0.1) is 0 Å². The monoisotopic (exact) mass is 485 g/mol. The molecule has 0 radical (unpaired) electrons. The van der Waals surface area contributed by atoms with Crippen LogP contribution in [0.4, 0.5) is 26.3 Å². The van der Waals surface area contributed by atoms with Crippen molar-refractivity contribution in [3.05, 3.63) is 47.0 Å². The number of benzene rings is 1. The van der Waals surface area contributed by atoms with Gasteiger partial charge in [0, 0.05) is 11.5 Å². The van der Waals surface area contributed by atoms with E-state index < -0.39 is 34.8 Å². The van der Waals surface area contributed by atoms with E-state index in [9.17, 15) is 31.1 Å². The fraction of sp³-hybridized carbons (Fsp3) is 0.654. The molecule has 0 saturated heterocycles. The minimum absolute atomic E-state index is 0.0492. The van der Waals surface area contributed by atoms with E-state index in [0.29, 0.717) is 37.3 Å². The van der Waals surface area contributed by atoms with Crippen molar-refractivity contribution in [2.75, 3.05) is 0 Å². The molecule has 1 aliphatic heterocycles. The minimum Gasteiger partial charge on any atom is -0.349 e. The molecular formula is C26H29F6NO. The van der Waals surface area contributed by atoms with Gasteiger partial charge >= 0.3 is 12.4 Å². The first-order valence-electron chi connectivity index (χ1n) is 12.0. The number of carbonyl (C=O) groups is 1. The van der Waals surface area contributed by atoms with Crippen LogP contribution in [0.3, 0.4) is 0 Å². The number of carbonyl (C=O) groups excluding carboxylic acids is 1. The van der Waals surface area contributed by atoms with E-state index in [1.165, 1.54) is 0 Å². The van der Waals surface area contributed by atoms with E-state index in [0.717, 1.165) is 25.3 Å². The predicted octanol–water partition coefficient (Wildman–Crippen LogP) is 7.11. The molecule has 2 unspecified atom stereocenters. The van der Waals surface area contributed by atoms with Crippen LogP contribution in [0.1, 0.15) is 75.0 Å². The van der Waals surface area contributed by atoms with E-state index in [-0.39, 0.29) is 34.8 Å². The van der Waals surface area contributed by atoms with Gasteiger partial charge in [0.05, 0.1) is 11.1 Å².